The molecule has 1 saturated heterocycles. The average Bonchev–Trinajstić information content (AvgIpc) is 2.98. The topological polar surface area (TPSA) is 89.9 Å². The van der Waals surface area contributed by atoms with Gasteiger partial charge < -0.3 is 14.6 Å². The van der Waals surface area contributed by atoms with Gasteiger partial charge in [-0.3, -0.25) is 14.4 Å². The van der Waals surface area contributed by atoms with Gasteiger partial charge in [0.15, 0.2) is 11.4 Å². The minimum Gasteiger partial charge on any atom is -0.458 e. The summed E-state index contributed by atoms with van der Waals surface area (Å²) in [4.78, 5) is 36.0. The molecule has 4 atom stereocenters. The van der Waals surface area contributed by atoms with E-state index in [1.165, 1.54) is 13.0 Å². The second kappa shape index (κ2) is 6.50. The van der Waals surface area contributed by atoms with Gasteiger partial charge >= 0.3 is 11.9 Å². The summed E-state index contributed by atoms with van der Waals surface area (Å²) in [6, 6.07) is 0. The summed E-state index contributed by atoms with van der Waals surface area (Å²) in [7, 11) is 0. The molecule has 2 unspecified atom stereocenters. The van der Waals surface area contributed by atoms with Crippen molar-refractivity contribution < 1.29 is 29.0 Å². The Hall–Kier alpha value is -2.21. The summed E-state index contributed by atoms with van der Waals surface area (Å²) in [6.45, 7) is 5.14. The highest BCUT2D eigenvalue weighted by Gasteiger charge is 2.88. The number of ether oxygens (including phenoxy) is 2. The molecule has 0 radical (unpaired) electrons. The number of esters is 2. The number of hydrogen-bond donors (Lipinski definition) is 1. The van der Waals surface area contributed by atoms with Gasteiger partial charge in [-0.25, -0.2) is 0 Å². The van der Waals surface area contributed by atoms with Crippen molar-refractivity contribution in [2.75, 3.05) is 6.61 Å². The number of aliphatic hydroxyl groups excluding tert-OH is 1. The Morgan fingerprint density at radius 2 is 2.08 bits per heavy atom. The number of rotatable bonds is 6. The van der Waals surface area contributed by atoms with Crippen LogP contribution in [0.15, 0.2) is 35.5 Å². The van der Waals surface area contributed by atoms with Crippen molar-refractivity contribution in [3.05, 3.63) is 35.5 Å². The van der Waals surface area contributed by atoms with E-state index < -0.39 is 29.1 Å². The Balaban J connectivity index is 1.86. The molecule has 6 nitrogen and oxygen atoms in total. The summed E-state index contributed by atoms with van der Waals surface area (Å²) >= 11 is 0. The maximum Gasteiger partial charge on any atom is 0.307 e. The van der Waals surface area contributed by atoms with E-state index in [4.69, 9.17) is 14.6 Å². The van der Waals surface area contributed by atoms with Crippen LogP contribution >= 0.6 is 0 Å². The highest BCUT2D eigenvalue weighted by atomic mass is 16.6. The molecule has 26 heavy (non-hydrogen) atoms. The first-order chi connectivity index (χ1) is 12.3. The van der Waals surface area contributed by atoms with Crippen LogP contribution in [0.3, 0.4) is 0 Å². The molecule has 1 spiro atoms. The number of carbonyl (C=O) groups is 3. The molecule has 0 aromatic carbocycles. The summed E-state index contributed by atoms with van der Waals surface area (Å²) in [5, 5.41) is 9.05. The van der Waals surface area contributed by atoms with Gasteiger partial charge in [-0.05, 0) is 44.9 Å². The fourth-order valence-corrected chi connectivity index (χ4v) is 4.41. The first-order valence-corrected chi connectivity index (χ1v) is 8.83. The Morgan fingerprint density at radius 1 is 1.35 bits per heavy atom. The Labute approximate surface area is 152 Å². The van der Waals surface area contributed by atoms with Gasteiger partial charge in [-0.1, -0.05) is 17.2 Å². The van der Waals surface area contributed by atoms with Gasteiger partial charge in [0.05, 0.1) is 24.4 Å². The lowest BCUT2D eigenvalue weighted by Crippen LogP contribution is -2.30. The number of carbonyl (C=O) groups excluding carboxylic acids is 3. The van der Waals surface area contributed by atoms with E-state index in [2.05, 4.69) is 0 Å². The molecule has 0 amide bonds. The molecule has 1 aliphatic heterocycles. The van der Waals surface area contributed by atoms with Gasteiger partial charge in [0.2, 0.25) is 0 Å². The van der Waals surface area contributed by atoms with Crippen LogP contribution in [0.2, 0.25) is 0 Å². The third-order valence-corrected chi connectivity index (χ3v) is 5.56. The molecule has 2 fully saturated rings. The molecule has 3 rings (SSSR count). The summed E-state index contributed by atoms with van der Waals surface area (Å²) in [5.74, 6) is -1.33. The number of aliphatic hydroxyl groups is 1. The first kappa shape index (κ1) is 18.6. The third kappa shape index (κ3) is 2.72. The second-order valence-electron chi connectivity index (χ2n) is 7.43. The predicted octanol–water partition coefficient (Wildman–Crippen LogP) is 2.02. The molecule has 0 bridgehead atoms. The van der Waals surface area contributed by atoms with E-state index in [-0.39, 0.29) is 24.7 Å². The van der Waals surface area contributed by atoms with Crippen molar-refractivity contribution in [3.63, 3.8) is 0 Å². The van der Waals surface area contributed by atoms with Crippen LogP contribution in [0.1, 0.15) is 40.0 Å². The van der Waals surface area contributed by atoms with Crippen molar-refractivity contribution >= 4 is 17.7 Å². The second-order valence-corrected chi connectivity index (χ2v) is 7.43. The Morgan fingerprint density at radius 3 is 2.73 bits per heavy atom. The van der Waals surface area contributed by atoms with Crippen molar-refractivity contribution in [2.24, 2.45) is 11.3 Å². The zero-order chi connectivity index (χ0) is 19.1. The lowest BCUT2D eigenvalue weighted by atomic mass is 9.87. The van der Waals surface area contributed by atoms with Gasteiger partial charge in [0.25, 0.3) is 0 Å². The number of allylic oxidation sites excluding steroid dienone is 3. The lowest BCUT2D eigenvalue weighted by Gasteiger charge is -2.21. The molecular weight excluding hydrogens is 336 g/mol. The molecule has 3 aliphatic rings. The normalized spacial score (nSPS) is 35.7. The van der Waals surface area contributed by atoms with Crippen LogP contribution in [0, 0.1) is 11.3 Å². The quantitative estimate of drug-likeness (QED) is 0.576. The molecule has 140 valence electrons. The van der Waals surface area contributed by atoms with Crippen LogP contribution in [0.4, 0.5) is 0 Å². The molecule has 6 heteroatoms. The van der Waals surface area contributed by atoms with E-state index in [1.54, 1.807) is 6.08 Å². The monoisotopic (exact) mass is 360 g/mol. The molecule has 0 aromatic rings. The van der Waals surface area contributed by atoms with E-state index in [1.807, 2.05) is 26.0 Å². The molecular formula is C20H24O6. The predicted molar refractivity (Wildman–Crippen MR) is 92.9 cm³/mol. The zero-order valence-electron chi connectivity index (χ0n) is 15.3. The van der Waals surface area contributed by atoms with Crippen molar-refractivity contribution in [3.8, 4) is 0 Å². The molecule has 2 aliphatic carbocycles. The van der Waals surface area contributed by atoms with Crippen LogP contribution in [0.25, 0.3) is 0 Å². The van der Waals surface area contributed by atoms with Crippen LogP contribution in [-0.2, 0) is 23.9 Å². The fraction of sp³-hybridized carbons (Fsp3) is 0.550. The average molecular weight is 360 g/mol. The molecule has 1 saturated carbocycles. The largest absolute Gasteiger partial charge is 0.458 e. The number of hydrogen-bond acceptors (Lipinski definition) is 6. The van der Waals surface area contributed by atoms with Gasteiger partial charge in [-0.15, -0.1) is 0 Å². The van der Waals surface area contributed by atoms with E-state index in [0.29, 0.717) is 0 Å². The first-order valence-electron chi connectivity index (χ1n) is 8.83. The highest BCUT2D eigenvalue weighted by molar-refractivity contribution is 6.06. The summed E-state index contributed by atoms with van der Waals surface area (Å²) < 4.78 is 11.0. The summed E-state index contributed by atoms with van der Waals surface area (Å²) in [5.41, 5.74) is -0.0826. The van der Waals surface area contributed by atoms with E-state index in [9.17, 15) is 14.4 Å². The Kier molecular flexibility index (Phi) is 4.65. The highest BCUT2D eigenvalue weighted by Crippen LogP contribution is 2.74. The van der Waals surface area contributed by atoms with Crippen LogP contribution in [-0.4, -0.2) is 41.1 Å². The van der Waals surface area contributed by atoms with E-state index >= 15 is 0 Å². The maximum atomic E-state index is 12.6. The third-order valence-electron chi connectivity index (χ3n) is 5.56. The summed E-state index contributed by atoms with van der Waals surface area (Å²) in [6.07, 6.45) is 7.74. The zero-order valence-corrected chi connectivity index (χ0v) is 15.3. The number of fused-ring (bicyclic) bond motifs is 1. The Bertz CT molecular complexity index is 745. The SMILES string of the molecule is CC(=O)O[C@@H]1C=CC(=O)C23CC(=O)O[C@@]2(/C=C(\C)CC/C=C(\C)CO)C13. The lowest BCUT2D eigenvalue weighted by molar-refractivity contribution is -0.150. The smallest absolute Gasteiger partial charge is 0.307 e. The van der Waals surface area contributed by atoms with Crippen molar-refractivity contribution in [1.82, 2.24) is 0 Å². The standard InChI is InChI=1S/C20H24O6/c1-12(5-4-6-13(2)11-21)9-20-18-15(25-14(3)22)7-8-16(23)19(18,20)10-17(24)26-20/h6-9,15,18,21H,4-5,10-11H2,1-3H3/b12-9+,13-6+/t15-,18?,19?,20+/m1/s1. The van der Waals surface area contributed by atoms with Crippen molar-refractivity contribution in [1.29, 1.82) is 0 Å². The van der Waals surface area contributed by atoms with Gasteiger partial charge in [0.1, 0.15) is 6.10 Å². The molecule has 0 aromatic heterocycles. The van der Waals surface area contributed by atoms with E-state index in [0.717, 1.165) is 24.0 Å². The van der Waals surface area contributed by atoms with Gasteiger partial charge in [0, 0.05) is 6.92 Å². The van der Waals surface area contributed by atoms with Crippen molar-refractivity contribution in [2.45, 2.75) is 51.7 Å². The van der Waals surface area contributed by atoms with Gasteiger partial charge in [-0.2, -0.15) is 0 Å². The minimum absolute atomic E-state index is 0.0198. The molecule has 1 N–H and O–H groups in total. The van der Waals surface area contributed by atoms with Crippen LogP contribution in [0.5, 0.6) is 0 Å². The maximum absolute atomic E-state index is 12.6. The van der Waals surface area contributed by atoms with Crippen LogP contribution < -0.4 is 0 Å². The molecule has 1 heterocycles. The number of ketones is 1. The minimum atomic E-state index is -1.02. The fourth-order valence-electron chi connectivity index (χ4n) is 4.41.